The van der Waals surface area contributed by atoms with Gasteiger partial charge >= 0.3 is 0 Å². The van der Waals surface area contributed by atoms with Gasteiger partial charge in [0.25, 0.3) is 0 Å². The van der Waals surface area contributed by atoms with Gasteiger partial charge in [-0.15, -0.1) is 12.4 Å². The Labute approximate surface area is 204 Å². The van der Waals surface area contributed by atoms with Crippen molar-refractivity contribution in [2.45, 2.75) is 75.4 Å². The molecule has 3 aromatic rings. The van der Waals surface area contributed by atoms with Crippen molar-refractivity contribution < 1.29 is 0 Å². The standard InChI is InChI=1S/C28H36N4.ClH/c1-21-30-26-9-5-6-10-27(26)32(21)25-19-23-11-12-24(20-25)31(23)18-15-28(13-16-29-17-14-28)22-7-3-2-4-8-22;/h2-10,23-25,29H,11-20H2,1H3;1H/t23-,24+,25?;. The lowest BCUT2D eigenvalue weighted by Gasteiger charge is -2.44. The second kappa shape index (κ2) is 9.40. The second-order valence-electron chi connectivity index (χ2n) is 10.4. The van der Waals surface area contributed by atoms with E-state index in [9.17, 15) is 0 Å². The molecule has 3 fully saturated rings. The molecule has 0 radical (unpaired) electrons. The maximum absolute atomic E-state index is 4.86. The number of imidazole rings is 1. The lowest BCUT2D eigenvalue weighted by molar-refractivity contribution is 0.0929. The summed E-state index contributed by atoms with van der Waals surface area (Å²) < 4.78 is 2.55. The van der Waals surface area contributed by atoms with Crippen LogP contribution in [0.5, 0.6) is 0 Å². The Kier molecular flexibility index (Phi) is 6.52. The number of piperidine rings is 2. The molecule has 4 heterocycles. The summed E-state index contributed by atoms with van der Waals surface area (Å²) in [6, 6.07) is 22.1. The molecule has 33 heavy (non-hydrogen) atoms. The number of aromatic nitrogens is 2. The van der Waals surface area contributed by atoms with Gasteiger partial charge < -0.3 is 9.88 Å². The topological polar surface area (TPSA) is 33.1 Å². The molecule has 2 bridgehead atoms. The fourth-order valence-electron chi connectivity index (χ4n) is 7.17. The number of aryl methyl sites for hydroxylation is 1. The number of hydrogen-bond donors (Lipinski definition) is 1. The van der Waals surface area contributed by atoms with E-state index in [1.54, 1.807) is 5.56 Å². The minimum absolute atomic E-state index is 0. The molecule has 176 valence electrons. The normalized spacial score (nSPS) is 26.9. The van der Waals surface area contributed by atoms with Crippen LogP contribution in [0.1, 0.15) is 62.4 Å². The van der Waals surface area contributed by atoms with Crippen LogP contribution in [0.15, 0.2) is 54.6 Å². The summed E-state index contributed by atoms with van der Waals surface area (Å²) in [5.41, 5.74) is 4.38. The molecule has 3 saturated heterocycles. The van der Waals surface area contributed by atoms with Gasteiger partial charge in [-0.25, -0.2) is 4.98 Å². The van der Waals surface area contributed by atoms with Gasteiger partial charge in [-0.05, 0) is 94.6 Å². The summed E-state index contributed by atoms with van der Waals surface area (Å²) in [7, 11) is 0. The number of hydrogen-bond acceptors (Lipinski definition) is 3. The van der Waals surface area contributed by atoms with Crippen LogP contribution in [0, 0.1) is 6.92 Å². The molecule has 1 aromatic heterocycles. The summed E-state index contributed by atoms with van der Waals surface area (Å²) in [4.78, 5) is 7.76. The van der Waals surface area contributed by atoms with Crippen LogP contribution in [-0.4, -0.2) is 46.2 Å². The van der Waals surface area contributed by atoms with Crippen molar-refractivity contribution in [1.29, 1.82) is 0 Å². The first-order valence-corrected chi connectivity index (χ1v) is 12.7. The van der Waals surface area contributed by atoms with Crippen molar-refractivity contribution in [1.82, 2.24) is 19.8 Å². The second-order valence-corrected chi connectivity index (χ2v) is 10.4. The zero-order valence-corrected chi connectivity index (χ0v) is 20.6. The molecule has 6 rings (SSSR count). The number of nitrogens with one attached hydrogen (secondary N) is 1. The van der Waals surface area contributed by atoms with Gasteiger partial charge in [0, 0.05) is 18.1 Å². The van der Waals surface area contributed by atoms with E-state index >= 15 is 0 Å². The summed E-state index contributed by atoms with van der Waals surface area (Å²) in [5.74, 6) is 1.18. The third-order valence-corrected chi connectivity index (χ3v) is 8.79. The average molecular weight is 465 g/mol. The molecule has 5 heteroatoms. The minimum atomic E-state index is 0. The predicted octanol–water partition coefficient (Wildman–Crippen LogP) is 5.65. The van der Waals surface area contributed by atoms with Gasteiger partial charge in [0.2, 0.25) is 0 Å². The van der Waals surface area contributed by atoms with Crippen LogP contribution in [0.2, 0.25) is 0 Å². The van der Waals surface area contributed by atoms with Crippen molar-refractivity contribution in [3.05, 3.63) is 66.0 Å². The molecular weight excluding hydrogens is 428 g/mol. The molecule has 0 saturated carbocycles. The van der Waals surface area contributed by atoms with E-state index in [4.69, 9.17) is 4.98 Å². The zero-order chi connectivity index (χ0) is 21.5. The van der Waals surface area contributed by atoms with Crippen molar-refractivity contribution in [2.75, 3.05) is 19.6 Å². The molecule has 2 aromatic carbocycles. The number of halogens is 1. The zero-order valence-electron chi connectivity index (χ0n) is 19.7. The predicted molar refractivity (Wildman–Crippen MR) is 138 cm³/mol. The molecule has 4 nitrogen and oxygen atoms in total. The lowest BCUT2D eigenvalue weighted by Crippen LogP contribution is -2.47. The van der Waals surface area contributed by atoms with E-state index in [0.29, 0.717) is 11.5 Å². The molecule has 3 aliphatic heterocycles. The Bertz CT molecular complexity index is 1060. The Morgan fingerprint density at radius 3 is 2.30 bits per heavy atom. The Balaban J connectivity index is 0.00000228. The quantitative estimate of drug-likeness (QED) is 0.530. The van der Waals surface area contributed by atoms with E-state index < -0.39 is 0 Å². The van der Waals surface area contributed by atoms with E-state index in [0.717, 1.165) is 30.7 Å². The van der Waals surface area contributed by atoms with Crippen LogP contribution in [-0.2, 0) is 5.41 Å². The summed E-state index contributed by atoms with van der Waals surface area (Å²) in [6.45, 7) is 5.74. The Morgan fingerprint density at radius 2 is 1.58 bits per heavy atom. The van der Waals surface area contributed by atoms with Gasteiger partial charge in [-0.1, -0.05) is 42.5 Å². The molecular formula is C28H37ClN4. The third kappa shape index (κ3) is 4.11. The van der Waals surface area contributed by atoms with Gasteiger partial charge in [0.1, 0.15) is 5.82 Å². The largest absolute Gasteiger partial charge is 0.325 e. The third-order valence-electron chi connectivity index (χ3n) is 8.79. The van der Waals surface area contributed by atoms with Crippen molar-refractivity contribution in [3.63, 3.8) is 0 Å². The van der Waals surface area contributed by atoms with Gasteiger partial charge in [0.05, 0.1) is 11.0 Å². The van der Waals surface area contributed by atoms with E-state index in [1.807, 2.05) is 0 Å². The van der Waals surface area contributed by atoms with Crippen molar-refractivity contribution in [2.24, 2.45) is 0 Å². The number of fused-ring (bicyclic) bond motifs is 3. The molecule has 0 spiro atoms. The maximum Gasteiger partial charge on any atom is 0.106 e. The lowest BCUT2D eigenvalue weighted by atomic mass is 9.70. The summed E-state index contributed by atoms with van der Waals surface area (Å²) >= 11 is 0. The first-order chi connectivity index (χ1) is 15.7. The molecule has 3 atom stereocenters. The van der Waals surface area contributed by atoms with Crippen molar-refractivity contribution in [3.8, 4) is 0 Å². The summed E-state index contributed by atoms with van der Waals surface area (Å²) in [5, 5.41) is 3.60. The van der Waals surface area contributed by atoms with E-state index in [2.05, 4.69) is 76.3 Å². The average Bonchev–Trinajstić information content (AvgIpc) is 3.30. The van der Waals surface area contributed by atoms with Crippen LogP contribution < -0.4 is 5.32 Å². The van der Waals surface area contributed by atoms with Gasteiger partial charge in [0.15, 0.2) is 0 Å². The number of nitrogens with zero attached hydrogens (tertiary/aromatic N) is 3. The number of para-hydroxylation sites is 2. The smallest absolute Gasteiger partial charge is 0.106 e. The SMILES string of the molecule is Cc1nc2ccccc2n1C1C[C@H]2CC[C@@H](C1)N2CCC1(c2ccccc2)CCNCC1.Cl. The molecule has 1 N–H and O–H groups in total. The van der Waals surface area contributed by atoms with Crippen molar-refractivity contribution >= 4 is 23.4 Å². The first kappa shape index (κ1) is 22.9. The Morgan fingerprint density at radius 1 is 0.909 bits per heavy atom. The fraction of sp³-hybridized carbons (Fsp3) is 0.536. The highest BCUT2D eigenvalue weighted by Gasteiger charge is 2.43. The minimum Gasteiger partial charge on any atom is -0.325 e. The monoisotopic (exact) mass is 464 g/mol. The van der Waals surface area contributed by atoms with Crippen LogP contribution >= 0.6 is 12.4 Å². The fourth-order valence-corrected chi connectivity index (χ4v) is 7.17. The molecule has 1 unspecified atom stereocenters. The maximum atomic E-state index is 4.86. The van der Waals surface area contributed by atoms with Gasteiger partial charge in [-0.2, -0.15) is 0 Å². The number of rotatable bonds is 5. The van der Waals surface area contributed by atoms with Crippen LogP contribution in [0.3, 0.4) is 0 Å². The van der Waals surface area contributed by atoms with Crippen LogP contribution in [0.4, 0.5) is 0 Å². The van der Waals surface area contributed by atoms with Gasteiger partial charge in [-0.3, -0.25) is 4.90 Å². The first-order valence-electron chi connectivity index (χ1n) is 12.7. The molecule has 3 aliphatic rings. The molecule has 0 aliphatic carbocycles. The van der Waals surface area contributed by atoms with Crippen LogP contribution in [0.25, 0.3) is 11.0 Å². The number of benzene rings is 2. The highest BCUT2D eigenvalue weighted by atomic mass is 35.5. The Hall–Kier alpha value is -1.88. The molecule has 0 amide bonds. The highest BCUT2D eigenvalue weighted by Crippen LogP contribution is 2.44. The highest BCUT2D eigenvalue weighted by molar-refractivity contribution is 5.85. The summed E-state index contributed by atoms with van der Waals surface area (Å²) in [6.07, 6.45) is 9.12. The van der Waals surface area contributed by atoms with E-state index in [1.165, 1.54) is 62.8 Å². The van der Waals surface area contributed by atoms with E-state index in [-0.39, 0.29) is 12.4 Å².